The maximum Gasteiger partial charge on any atom is 0.323 e. The Labute approximate surface area is 154 Å². The number of carbonyl (C=O) groups excluding carboxylic acids is 3. The van der Waals surface area contributed by atoms with Crippen molar-refractivity contribution in [2.75, 3.05) is 12.0 Å². The van der Waals surface area contributed by atoms with Gasteiger partial charge in [-0.1, -0.05) is 36.4 Å². The number of anilines is 1. The van der Waals surface area contributed by atoms with Gasteiger partial charge in [-0.05, 0) is 23.8 Å². The zero-order valence-corrected chi connectivity index (χ0v) is 14.5. The molecule has 0 radical (unpaired) electrons. The van der Waals surface area contributed by atoms with E-state index in [4.69, 9.17) is 4.74 Å². The SMILES string of the molecule is COC(=O)[C@@H]1N[C@H](c2ccccc2)[C@@H]2C(=O)N(c3cccc(F)c3)C(=O)[C@@H]21. The van der Waals surface area contributed by atoms with Gasteiger partial charge in [0.05, 0.1) is 24.6 Å². The monoisotopic (exact) mass is 368 g/mol. The van der Waals surface area contributed by atoms with Gasteiger partial charge in [0.15, 0.2) is 0 Å². The standard InChI is InChI=1S/C20H17FN2O4/c1-27-20(26)17-15-14(16(22-17)11-6-3-2-4-7-11)18(24)23(19(15)25)13-9-5-8-12(21)10-13/h2-10,14-17,22H,1H3/t14-,15+,16-,17-/m1/s1. The predicted octanol–water partition coefficient (Wildman–Crippen LogP) is 1.82. The van der Waals surface area contributed by atoms with Crippen LogP contribution in [0, 0.1) is 17.7 Å². The molecule has 6 nitrogen and oxygen atoms in total. The molecule has 0 aliphatic carbocycles. The lowest BCUT2D eigenvalue weighted by atomic mass is 9.86. The third-order valence-electron chi connectivity index (χ3n) is 5.16. The number of hydrogen-bond donors (Lipinski definition) is 1. The fourth-order valence-electron chi connectivity index (χ4n) is 3.99. The van der Waals surface area contributed by atoms with Gasteiger partial charge in [0.25, 0.3) is 0 Å². The second-order valence-electron chi connectivity index (χ2n) is 6.60. The average Bonchev–Trinajstić information content (AvgIpc) is 3.19. The Morgan fingerprint density at radius 3 is 2.41 bits per heavy atom. The van der Waals surface area contributed by atoms with E-state index in [2.05, 4.69) is 5.32 Å². The summed E-state index contributed by atoms with van der Waals surface area (Å²) in [6, 6.07) is 13.0. The van der Waals surface area contributed by atoms with E-state index < -0.39 is 47.5 Å². The molecule has 0 aromatic heterocycles. The summed E-state index contributed by atoms with van der Waals surface area (Å²) in [6.07, 6.45) is 0. The molecule has 2 heterocycles. The maximum atomic E-state index is 13.6. The summed E-state index contributed by atoms with van der Waals surface area (Å²) in [4.78, 5) is 39.4. The third kappa shape index (κ3) is 2.71. The molecule has 138 valence electrons. The number of hydrogen-bond acceptors (Lipinski definition) is 5. The van der Waals surface area contributed by atoms with Gasteiger partial charge in [-0.2, -0.15) is 0 Å². The Bertz CT molecular complexity index is 917. The zero-order chi connectivity index (χ0) is 19.1. The number of ether oxygens (including phenoxy) is 1. The smallest absolute Gasteiger partial charge is 0.323 e. The summed E-state index contributed by atoms with van der Waals surface area (Å²) in [5, 5.41) is 3.09. The Morgan fingerprint density at radius 2 is 1.74 bits per heavy atom. The van der Waals surface area contributed by atoms with Crippen LogP contribution in [0.15, 0.2) is 54.6 Å². The van der Waals surface area contributed by atoms with Crippen LogP contribution in [-0.2, 0) is 19.1 Å². The Morgan fingerprint density at radius 1 is 1.04 bits per heavy atom. The quantitative estimate of drug-likeness (QED) is 0.661. The molecule has 2 aromatic rings. The van der Waals surface area contributed by atoms with Crippen molar-refractivity contribution < 1.29 is 23.5 Å². The van der Waals surface area contributed by atoms with E-state index in [9.17, 15) is 18.8 Å². The molecule has 2 amide bonds. The van der Waals surface area contributed by atoms with E-state index in [1.807, 2.05) is 30.3 Å². The number of carbonyl (C=O) groups is 3. The van der Waals surface area contributed by atoms with Crippen LogP contribution in [0.3, 0.4) is 0 Å². The lowest BCUT2D eigenvalue weighted by Crippen LogP contribution is -2.43. The lowest BCUT2D eigenvalue weighted by Gasteiger charge is -2.22. The summed E-state index contributed by atoms with van der Waals surface area (Å²) in [5.74, 6) is -3.82. The van der Waals surface area contributed by atoms with E-state index in [1.165, 1.54) is 25.3 Å². The van der Waals surface area contributed by atoms with E-state index in [1.54, 1.807) is 0 Å². The number of halogens is 1. The largest absolute Gasteiger partial charge is 0.468 e. The number of fused-ring (bicyclic) bond motifs is 1. The maximum absolute atomic E-state index is 13.6. The number of imide groups is 1. The number of rotatable bonds is 3. The van der Waals surface area contributed by atoms with Gasteiger partial charge in [-0.3, -0.25) is 19.7 Å². The van der Waals surface area contributed by atoms with Crippen molar-refractivity contribution in [3.05, 3.63) is 66.0 Å². The van der Waals surface area contributed by atoms with E-state index >= 15 is 0 Å². The minimum absolute atomic E-state index is 0.162. The highest BCUT2D eigenvalue weighted by molar-refractivity contribution is 6.23. The molecule has 4 rings (SSSR count). The summed E-state index contributed by atoms with van der Waals surface area (Å²) < 4.78 is 18.5. The van der Waals surface area contributed by atoms with Gasteiger partial charge in [0.1, 0.15) is 11.9 Å². The summed E-state index contributed by atoms with van der Waals surface area (Å²) in [7, 11) is 1.24. The van der Waals surface area contributed by atoms with Crippen LogP contribution in [0.5, 0.6) is 0 Å². The molecule has 2 aromatic carbocycles. The van der Waals surface area contributed by atoms with Gasteiger partial charge in [0.2, 0.25) is 11.8 Å². The molecule has 27 heavy (non-hydrogen) atoms. The summed E-state index contributed by atoms with van der Waals surface area (Å²) in [6.45, 7) is 0. The van der Waals surface area contributed by atoms with Crippen LogP contribution in [0.1, 0.15) is 11.6 Å². The molecular formula is C20H17FN2O4. The molecule has 0 saturated carbocycles. The first-order chi connectivity index (χ1) is 13.0. The number of esters is 1. The summed E-state index contributed by atoms with van der Waals surface area (Å²) in [5.41, 5.74) is 0.955. The fraction of sp³-hybridized carbons (Fsp3) is 0.250. The molecule has 0 spiro atoms. The van der Waals surface area contributed by atoms with Crippen molar-refractivity contribution in [1.82, 2.24) is 5.32 Å². The first-order valence-corrected chi connectivity index (χ1v) is 8.55. The Kier molecular flexibility index (Phi) is 4.24. The highest BCUT2D eigenvalue weighted by Crippen LogP contribution is 2.45. The topological polar surface area (TPSA) is 75.7 Å². The average molecular weight is 368 g/mol. The minimum atomic E-state index is -0.944. The Balaban J connectivity index is 1.78. The molecule has 1 N–H and O–H groups in total. The number of amides is 2. The lowest BCUT2D eigenvalue weighted by molar-refractivity contribution is -0.145. The second kappa shape index (κ2) is 6.59. The highest BCUT2D eigenvalue weighted by Gasteiger charge is 2.61. The van der Waals surface area contributed by atoms with Crippen molar-refractivity contribution in [2.45, 2.75) is 12.1 Å². The van der Waals surface area contributed by atoms with Crippen molar-refractivity contribution in [1.29, 1.82) is 0 Å². The normalized spacial score (nSPS) is 27.0. The van der Waals surface area contributed by atoms with Gasteiger partial charge < -0.3 is 4.74 Å². The zero-order valence-electron chi connectivity index (χ0n) is 14.5. The number of nitrogens with one attached hydrogen (secondary N) is 1. The van der Waals surface area contributed by atoms with Crippen LogP contribution >= 0.6 is 0 Å². The van der Waals surface area contributed by atoms with Crippen molar-refractivity contribution >= 4 is 23.5 Å². The van der Waals surface area contributed by atoms with Gasteiger partial charge >= 0.3 is 5.97 Å². The summed E-state index contributed by atoms with van der Waals surface area (Å²) >= 11 is 0. The fourth-order valence-corrected chi connectivity index (χ4v) is 3.99. The van der Waals surface area contributed by atoms with Crippen LogP contribution in [0.25, 0.3) is 0 Å². The van der Waals surface area contributed by atoms with Gasteiger partial charge in [-0.25, -0.2) is 9.29 Å². The number of benzene rings is 2. The van der Waals surface area contributed by atoms with E-state index in [-0.39, 0.29) is 5.69 Å². The molecule has 2 aliphatic heterocycles. The number of nitrogens with zero attached hydrogens (tertiary/aromatic N) is 1. The molecule has 2 saturated heterocycles. The van der Waals surface area contributed by atoms with Gasteiger partial charge in [-0.15, -0.1) is 0 Å². The second-order valence-corrected chi connectivity index (χ2v) is 6.60. The first-order valence-electron chi connectivity index (χ1n) is 8.55. The first kappa shape index (κ1) is 17.4. The minimum Gasteiger partial charge on any atom is -0.468 e. The predicted molar refractivity (Wildman–Crippen MR) is 94.0 cm³/mol. The molecule has 4 atom stereocenters. The molecule has 2 aliphatic rings. The van der Waals surface area contributed by atoms with Gasteiger partial charge in [0, 0.05) is 6.04 Å². The Hall–Kier alpha value is -3.06. The van der Waals surface area contributed by atoms with E-state index in [0.717, 1.165) is 16.5 Å². The highest BCUT2D eigenvalue weighted by atomic mass is 19.1. The molecule has 0 bridgehead atoms. The van der Waals surface area contributed by atoms with Crippen LogP contribution in [0.4, 0.5) is 10.1 Å². The van der Waals surface area contributed by atoms with Crippen molar-refractivity contribution in [3.63, 3.8) is 0 Å². The molecule has 2 fully saturated rings. The van der Waals surface area contributed by atoms with Crippen molar-refractivity contribution in [3.8, 4) is 0 Å². The third-order valence-corrected chi connectivity index (χ3v) is 5.16. The molecular weight excluding hydrogens is 351 g/mol. The number of methoxy groups -OCH3 is 1. The molecule has 7 heteroatoms. The molecule has 0 unspecified atom stereocenters. The van der Waals surface area contributed by atoms with E-state index in [0.29, 0.717) is 0 Å². The van der Waals surface area contributed by atoms with Crippen molar-refractivity contribution in [2.24, 2.45) is 11.8 Å². The van der Waals surface area contributed by atoms with Crippen LogP contribution < -0.4 is 10.2 Å². The van der Waals surface area contributed by atoms with Crippen LogP contribution in [-0.4, -0.2) is 30.9 Å². The van der Waals surface area contributed by atoms with Crippen LogP contribution in [0.2, 0.25) is 0 Å².